The molecule has 27 heavy (non-hydrogen) atoms. The van der Waals surface area contributed by atoms with Crippen molar-refractivity contribution in [3.8, 4) is 0 Å². The smallest absolute Gasteiger partial charge is 0.248 e. The number of anilines is 1. The van der Waals surface area contributed by atoms with Crippen LogP contribution in [0.4, 0.5) is 5.13 Å². The number of hydrogen-bond donors (Lipinski definition) is 1. The van der Waals surface area contributed by atoms with E-state index in [1.165, 1.54) is 49.9 Å². The van der Waals surface area contributed by atoms with Crippen LogP contribution in [0.5, 0.6) is 0 Å². The van der Waals surface area contributed by atoms with E-state index in [0.29, 0.717) is 24.0 Å². The molecule has 1 aromatic rings. The maximum absolute atomic E-state index is 13.1. The molecule has 1 fully saturated rings. The highest BCUT2D eigenvalue weighted by atomic mass is 32.1. The van der Waals surface area contributed by atoms with E-state index in [1.54, 1.807) is 6.20 Å². The summed E-state index contributed by atoms with van der Waals surface area (Å²) in [7, 11) is 0. The Kier molecular flexibility index (Phi) is 5.72. The first kappa shape index (κ1) is 18.4. The minimum Gasteiger partial charge on any atom is -0.364 e. The van der Waals surface area contributed by atoms with E-state index in [4.69, 9.17) is 0 Å². The van der Waals surface area contributed by atoms with Crippen molar-refractivity contribution in [2.75, 3.05) is 11.9 Å². The topological polar surface area (TPSA) is 62.3 Å². The van der Waals surface area contributed by atoms with Crippen LogP contribution in [0.1, 0.15) is 51.4 Å². The highest BCUT2D eigenvalue weighted by molar-refractivity contribution is 7.13. The minimum atomic E-state index is -0.240. The van der Waals surface area contributed by atoms with Crippen molar-refractivity contribution < 1.29 is 9.59 Å². The summed E-state index contributed by atoms with van der Waals surface area (Å²) in [4.78, 5) is 31.7. The molecule has 1 amide bonds. The van der Waals surface area contributed by atoms with Crippen LogP contribution < -0.4 is 5.32 Å². The molecule has 1 aliphatic heterocycles. The van der Waals surface area contributed by atoms with Gasteiger partial charge in [0.05, 0.1) is 5.92 Å². The van der Waals surface area contributed by atoms with Gasteiger partial charge in [-0.1, -0.05) is 50.7 Å². The van der Waals surface area contributed by atoms with E-state index in [0.717, 1.165) is 12.0 Å². The third-order valence-electron chi connectivity index (χ3n) is 6.03. The van der Waals surface area contributed by atoms with E-state index >= 15 is 0 Å². The molecule has 1 aromatic heterocycles. The minimum absolute atomic E-state index is 0.00104. The van der Waals surface area contributed by atoms with Gasteiger partial charge in [-0.3, -0.25) is 9.59 Å². The molecule has 0 bridgehead atoms. The van der Waals surface area contributed by atoms with Crippen LogP contribution in [0.3, 0.4) is 0 Å². The molecule has 0 saturated heterocycles. The SMILES string of the molecule is O=C1CC=CC2=CN(C(CC3CCCCCC3)C(=O)Nc3nccs3)CC12. The van der Waals surface area contributed by atoms with Gasteiger partial charge in [-0.25, -0.2) is 4.98 Å². The standard InChI is InChI=1S/C21H27N3O2S/c25-19-9-5-8-16-13-24(14-17(16)19)18(12-15-6-3-1-2-4-7-15)20(26)23-21-22-10-11-27-21/h5,8,10-11,13,15,17-18H,1-4,6-7,9,12,14H2,(H,22,23,26). The van der Waals surface area contributed by atoms with Crippen LogP contribution >= 0.6 is 11.3 Å². The number of carbonyl (C=O) groups excluding carboxylic acids is 2. The second kappa shape index (κ2) is 8.38. The van der Waals surface area contributed by atoms with Gasteiger partial charge in [-0.2, -0.15) is 0 Å². The molecule has 1 N–H and O–H groups in total. The lowest BCUT2D eigenvalue weighted by Crippen LogP contribution is -2.43. The largest absolute Gasteiger partial charge is 0.364 e. The average molecular weight is 386 g/mol. The number of thiazole rings is 1. The van der Waals surface area contributed by atoms with Gasteiger partial charge in [0, 0.05) is 30.7 Å². The number of fused-ring (bicyclic) bond motifs is 1. The monoisotopic (exact) mass is 385 g/mol. The molecule has 3 aliphatic rings. The second-order valence-electron chi connectivity index (χ2n) is 7.89. The number of hydrogen-bond acceptors (Lipinski definition) is 5. The van der Waals surface area contributed by atoms with E-state index < -0.39 is 0 Å². The van der Waals surface area contributed by atoms with Gasteiger partial charge < -0.3 is 10.2 Å². The highest BCUT2D eigenvalue weighted by Gasteiger charge is 2.37. The first-order valence-electron chi connectivity index (χ1n) is 10.1. The summed E-state index contributed by atoms with van der Waals surface area (Å²) in [6.07, 6.45) is 16.6. The molecule has 5 nitrogen and oxygen atoms in total. The van der Waals surface area contributed by atoms with Gasteiger partial charge in [-0.05, 0) is 17.9 Å². The Balaban J connectivity index is 1.52. The van der Waals surface area contributed by atoms with Crippen LogP contribution in [0.25, 0.3) is 0 Å². The van der Waals surface area contributed by atoms with Crippen molar-refractivity contribution >= 4 is 28.2 Å². The predicted octanol–water partition coefficient (Wildman–Crippen LogP) is 4.16. The number of Topliss-reactive ketones (excluding diaryl/α,β-unsaturated/α-hetero) is 1. The number of amides is 1. The van der Waals surface area contributed by atoms with Crippen LogP contribution in [0, 0.1) is 11.8 Å². The van der Waals surface area contributed by atoms with Crippen molar-refractivity contribution in [1.82, 2.24) is 9.88 Å². The molecule has 0 spiro atoms. The van der Waals surface area contributed by atoms with Crippen LogP contribution in [-0.4, -0.2) is 34.2 Å². The van der Waals surface area contributed by atoms with Crippen molar-refractivity contribution in [2.45, 2.75) is 57.4 Å². The molecular weight excluding hydrogens is 358 g/mol. The van der Waals surface area contributed by atoms with Gasteiger partial charge in [0.1, 0.15) is 11.8 Å². The number of nitrogens with one attached hydrogen (secondary N) is 1. The molecule has 1 saturated carbocycles. The molecule has 0 aromatic carbocycles. The molecule has 0 radical (unpaired) electrons. The summed E-state index contributed by atoms with van der Waals surface area (Å²) in [5.74, 6) is 0.770. The zero-order valence-corrected chi connectivity index (χ0v) is 16.4. The Bertz CT molecular complexity index is 733. The Hall–Kier alpha value is -1.95. The lowest BCUT2D eigenvalue weighted by atomic mass is 9.90. The van der Waals surface area contributed by atoms with Crippen LogP contribution in [0.2, 0.25) is 0 Å². The first-order chi connectivity index (χ1) is 13.2. The summed E-state index contributed by atoms with van der Waals surface area (Å²) in [6.45, 7) is 0.626. The average Bonchev–Trinajstić information content (AvgIpc) is 3.25. The number of rotatable bonds is 5. The Morgan fingerprint density at radius 2 is 2.11 bits per heavy atom. The van der Waals surface area contributed by atoms with Crippen molar-refractivity contribution in [1.29, 1.82) is 0 Å². The van der Waals surface area contributed by atoms with Gasteiger partial charge in [0.15, 0.2) is 5.13 Å². The summed E-state index contributed by atoms with van der Waals surface area (Å²) < 4.78 is 0. The Labute approximate surface area is 164 Å². The summed E-state index contributed by atoms with van der Waals surface area (Å²) >= 11 is 1.44. The zero-order chi connectivity index (χ0) is 18.6. The number of allylic oxidation sites excluding steroid dienone is 2. The fraction of sp³-hybridized carbons (Fsp3) is 0.571. The van der Waals surface area contributed by atoms with E-state index in [9.17, 15) is 9.59 Å². The number of nitrogens with zero attached hydrogens (tertiary/aromatic N) is 2. The van der Waals surface area contributed by atoms with Crippen molar-refractivity contribution in [2.24, 2.45) is 11.8 Å². The second-order valence-corrected chi connectivity index (χ2v) is 8.78. The zero-order valence-electron chi connectivity index (χ0n) is 15.6. The molecule has 2 atom stereocenters. The normalized spacial score (nSPS) is 24.3. The predicted molar refractivity (Wildman–Crippen MR) is 107 cm³/mol. The number of carbonyl (C=O) groups is 2. The Morgan fingerprint density at radius 3 is 2.81 bits per heavy atom. The third-order valence-corrected chi connectivity index (χ3v) is 6.71. The first-order valence-corrected chi connectivity index (χ1v) is 11.0. The van der Waals surface area contributed by atoms with E-state index in [1.807, 2.05) is 23.7 Å². The third kappa shape index (κ3) is 4.32. The molecule has 2 heterocycles. The maximum Gasteiger partial charge on any atom is 0.248 e. The van der Waals surface area contributed by atoms with Crippen molar-refractivity contribution in [3.63, 3.8) is 0 Å². The van der Waals surface area contributed by atoms with Crippen LogP contribution in [-0.2, 0) is 9.59 Å². The fourth-order valence-electron chi connectivity index (χ4n) is 4.55. The van der Waals surface area contributed by atoms with Gasteiger partial charge in [-0.15, -0.1) is 11.3 Å². The van der Waals surface area contributed by atoms with E-state index in [2.05, 4.69) is 15.2 Å². The van der Waals surface area contributed by atoms with Gasteiger partial charge >= 0.3 is 0 Å². The molecule has 2 unspecified atom stereocenters. The van der Waals surface area contributed by atoms with Gasteiger partial charge in [0.25, 0.3) is 0 Å². The molecule has 144 valence electrons. The summed E-state index contributed by atoms with van der Waals surface area (Å²) in [6, 6.07) is -0.240. The highest BCUT2D eigenvalue weighted by Crippen LogP contribution is 2.34. The number of aromatic nitrogens is 1. The lowest BCUT2D eigenvalue weighted by Gasteiger charge is -2.30. The lowest BCUT2D eigenvalue weighted by molar-refractivity contribution is -0.123. The van der Waals surface area contributed by atoms with Crippen molar-refractivity contribution in [3.05, 3.63) is 35.5 Å². The molecular formula is C21H27N3O2S. The summed E-state index contributed by atoms with van der Waals surface area (Å²) in [5.41, 5.74) is 1.05. The van der Waals surface area contributed by atoms with E-state index in [-0.39, 0.29) is 23.7 Å². The molecule has 2 aliphatic carbocycles. The maximum atomic E-state index is 13.1. The van der Waals surface area contributed by atoms with Crippen LogP contribution in [0.15, 0.2) is 35.5 Å². The number of ketones is 1. The Morgan fingerprint density at radius 1 is 1.30 bits per heavy atom. The fourth-order valence-corrected chi connectivity index (χ4v) is 5.08. The quantitative estimate of drug-likeness (QED) is 0.773. The van der Waals surface area contributed by atoms with Gasteiger partial charge in [0.2, 0.25) is 5.91 Å². The molecule has 4 rings (SSSR count). The summed E-state index contributed by atoms with van der Waals surface area (Å²) in [5, 5.41) is 5.50. The molecule has 6 heteroatoms.